The van der Waals surface area contributed by atoms with Crippen LogP contribution in [0.15, 0.2) is 48.9 Å². The van der Waals surface area contributed by atoms with Gasteiger partial charge in [-0.1, -0.05) is 44.2 Å². The van der Waals surface area contributed by atoms with Crippen molar-refractivity contribution in [2.45, 2.75) is 57.7 Å². The van der Waals surface area contributed by atoms with E-state index in [0.717, 1.165) is 5.56 Å². The largest absolute Gasteiger partial charge is 0.480 e. The first-order chi connectivity index (χ1) is 15.8. The minimum absolute atomic E-state index is 0.130. The van der Waals surface area contributed by atoms with Gasteiger partial charge in [-0.05, 0) is 30.7 Å². The number of rotatable bonds is 10. The fourth-order valence-corrected chi connectivity index (χ4v) is 4.06. The summed E-state index contributed by atoms with van der Waals surface area (Å²) in [7, 11) is 0. The van der Waals surface area contributed by atoms with E-state index in [1.54, 1.807) is 6.20 Å². The Morgan fingerprint density at radius 3 is 2.55 bits per heavy atom. The summed E-state index contributed by atoms with van der Waals surface area (Å²) in [5, 5.41) is 15.5. The Bertz CT molecular complexity index is 897. The molecule has 2 amide bonds. The third kappa shape index (κ3) is 6.74. The van der Waals surface area contributed by atoms with Gasteiger partial charge in [0.25, 0.3) is 0 Å². The van der Waals surface area contributed by atoms with Crippen molar-refractivity contribution < 1.29 is 19.5 Å². The van der Waals surface area contributed by atoms with Gasteiger partial charge >= 0.3 is 5.97 Å². The van der Waals surface area contributed by atoms with Gasteiger partial charge in [0.1, 0.15) is 23.9 Å². The highest BCUT2D eigenvalue weighted by Gasteiger charge is 2.38. The predicted molar refractivity (Wildman–Crippen MR) is 123 cm³/mol. The van der Waals surface area contributed by atoms with Crippen LogP contribution < -0.4 is 10.6 Å². The van der Waals surface area contributed by atoms with Gasteiger partial charge in [-0.2, -0.15) is 0 Å². The van der Waals surface area contributed by atoms with Gasteiger partial charge in [-0.15, -0.1) is 0 Å². The van der Waals surface area contributed by atoms with Crippen molar-refractivity contribution in [2.24, 2.45) is 5.92 Å². The second-order valence-corrected chi connectivity index (χ2v) is 8.70. The number of hydrogen-bond acceptors (Lipinski definition) is 6. The molecule has 3 rings (SSSR count). The number of benzene rings is 1. The van der Waals surface area contributed by atoms with E-state index in [0.29, 0.717) is 38.0 Å². The summed E-state index contributed by atoms with van der Waals surface area (Å²) in [4.78, 5) is 47.9. The van der Waals surface area contributed by atoms with Crippen LogP contribution in [0, 0.1) is 5.92 Å². The van der Waals surface area contributed by atoms with E-state index < -0.39 is 24.1 Å². The van der Waals surface area contributed by atoms with Gasteiger partial charge in [0, 0.05) is 25.4 Å². The molecule has 1 fully saturated rings. The van der Waals surface area contributed by atoms with Crippen LogP contribution in [0.4, 0.5) is 5.82 Å². The highest BCUT2D eigenvalue weighted by Crippen LogP contribution is 2.20. The van der Waals surface area contributed by atoms with E-state index in [2.05, 4.69) is 20.6 Å². The van der Waals surface area contributed by atoms with Crippen LogP contribution in [0.25, 0.3) is 0 Å². The van der Waals surface area contributed by atoms with E-state index >= 15 is 0 Å². The number of carbonyl (C=O) groups is 3. The van der Waals surface area contributed by atoms with Crippen molar-refractivity contribution in [1.82, 2.24) is 20.2 Å². The van der Waals surface area contributed by atoms with Gasteiger partial charge < -0.3 is 20.6 Å². The molecule has 0 saturated carbocycles. The van der Waals surface area contributed by atoms with Crippen LogP contribution in [-0.4, -0.2) is 62.4 Å². The Morgan fingerprint density at radius 1 is 1.15 bits per heavy atom. The smallest absolute Gasteiger partial charge is 0.326 e. The second-order valence-electron chi connectivity index (χ2n) is 8.70. The molecule has 1 aromatic carbocycles. The molecule has 2 heterocycles. The van der Waals surface area contributed by atoms with Crippen molar-refractivity contribution >= 4 is 23.6 Å². The maximum absolute atomic E-state index is 13.4. The Balaban J connectivity index is 1.79. The van der Waals surface area contributed by atoms with Crippen LogP contribution in [0.2, 0.25) is 0 Å². The van der Waals surface area contributed by atoms with E-state index in [-0.39, 0.29) is 17.7 Å². The number of anilines is 1. The molecule has 3 N–H and O–H groups in total. The zero-order valence-corrected chi connectivity index (χ0v) is 19.0. The number of aliphatic carboxylic acids is 1. The quantitative estimate of drug-likeness (QED) is 0.503. The average Bonchev–Trinajstić information content (AvgIpc) is 3.29. The number of carboxylic acid groups (broad SMARTS) is 1. The third-order valence-electron chi connectivity index (χ3n) is 5.63. The Labute approximate surface area is 193 Å². The highest BCUT2D eigenvalue weighted by molar-refractivity contribution is 5.93. The summed E-state index contributed by atoms with van der Waals surface area (Å²) in [5.74, 6) is -1.13. The summed E-state index contributed by atoms with van der Waals surface area (Å²) < 4.78 is 0. The van der Waals surface area contributed by atoms with Gasteiger partial charge in [0.05, 0.1) is 6.20 Å². The molecule has 1 saturated heterocycles. The van der Waals surface area contributed by atoms with Crippen LogP contribution >= 0.6 is 0 Å². The normalized spacial score (nSPS) is 17.4. The topological polar surface area (TPSA) is 125 Å². The number of hydrogen-bond donors (Lipinski definition) is 3. The molecule has 1 aliphatic rings. The number of nitrogens with zero attached hydrogens (tertiary/aromatic N) is 3. The van der Waals surface area contributed by atoms with E-state index in [1.807, 2.05) is 44.2 Å². The standard InChI is InChI=1S/C24H31N5O4/c1-16(2)13-19(23(31)29-12-6-9-20(29)24(32)33)28-22(30)18(14-17-7-4-3-5-8-17)27-21-15-25-10-11-26-21/h3-5,7-8,10-11,15-16,18-20H,6,9,12-14H2,1-2H3,(H,26,27)(H,28,30)(H,32,33)/t18?,19?,20-/m0/s1. The molecule has 0 radical (unpaired) electrons. The van der Waals surface area contributed by atoms with Crippen LogP contribution in [0.1, 0.15) is 38.7 Å². The van der Waals surface area contributed by atoms with Crippen molar-refractivity contribution in [1.29, 1.82) is 0 Å². The fraction of sp³-hybridized carbons (Fsp3) is 0.458. The average molecular weight is 454 g/mol. The molecule has 0 aliphatic carbocycles. The molecular weight excluding hydrogens is 422 g/mol. The summed E-state index contributed by atoms with van der Waals surface area (Å²) in [5.41, 5.74) is 0.950. The molecule has 0 spiro atoms. The molecule has 1 aliphatic heterocycles. The first-order valence-electron chi connectivity index (χ1n) is 11.2. The van der Waals surface area contributed by atoms with Crippen LogP contribution in [0.5, 0.6) is 0 Å². The SMILES string of the molecule is CC(C)CC(NC(=O)C(Cc1ccccc1)Nc1cnccn1)C(=O)N1CCC[C@H]1C(=O)O. The number of carbonyl (C=O) groups excluding carboxylic acids is 2. The summed E-state index contributed by atoms with van der Waals surface area (Å²) in [6, 6.07) is 7.21. The molecule has 33 heavy (non-hydrogen) atoms. The van der Waals surface area contributed by atoms with Gasteiger partial charge in [0.2, 0.25) is 11.8 Å². The lowest BCUT2D eigenvalue weighted by Crippen LogP contribution is -2.55. The van der Waals surface area contributed by atoms with Crippen molar-refractivity contribution in [3.8, 4) is 0 Å². The van der Waals surface area contributed by atoms with E-state index in [4.69, 9.17) is 0 Å². The zero-order chi connectivity index (χ0) is 23.8. The molecule has 9 nitrogen and oxygen atoms in total. The molecular formula is C24H31N5O4. The predicted octanol–water partition coefficient (Wildman–Crippen LogP) is 2.11. The lowest BCUT2D eigenvalue weighted by molar-refractivity contribution is -0.149. The van der Waals surface area contributed by atoms with Gasteiger partial charge in [-0.3, -0.25) is 14.6 Å². The first-order valence-corrected chi connectivity index (χ1v) is 11.2. The first kappa shape index (κ1) is 24.2. The summed E-state index contributed by atoms with van der Waals surface area (Å²) in [6.45, 7) is 4.31. The van der Waals surface area contributed by atoms with Crippen LogP contribution in [-0.2, 0) is 20.8 Å². The van der Waals surface area contributed by atoms with Crippen LogP contribution in [0.3, 0.4) is 0 Å². The van der Waals surface area contributed by atoms with E-state index in [9.17, 15) is 19.5 Å². The Hall–Kier alpha value is -3.49. The lowest BCUT2D eigenvalue weighted by atomic mass is 10.0. The lowest BCUT2D eigenvalue weighted by Gasteiger charge is -2.29. The number of nitrogens with one attached hydrogen (secondary N) is 2. The molecule has 9 heteroatoms. The summed E-state index contributed by atoms with van der Waals surface area (Å²) in [6.07, 6.45) is 6.46. The Morgan fingerprint density at radius 2 is 1.91 bits per heavy atom. The number of amides is 2. The summed E-state index contributed by atoms with van der Waals surface area (Å²) >= 11 is 0. The van der Waals surface area contributed by atoms with Gasteiger partial charge in [0.15, 0.2) is 0 Å². The second kappa shape index (κ2) is 11.4. The minimum Gasteiger partial charge on any atom is -0.480 e. The molecule has 1 aromatic heterocycles. The molecule has 0 bridgehead atoms. The third-order valence-corrected chi connectivity index (χ3v) is 5.63. The van der Waals surface area contributed by atoms with Crippen molar-refractivity contribution in [2.75, 3.05) is 11.9 Å². The minimum atomic E-state index is -1.01. The van der Waals surface area contributed by atoms with Gasteiger partial charge in [-0.25, -0.2) is 9.78 Å². The monoisotopic (exact) mass is 453 g/mol. The van der Waals surface area contributed by atoms with Crippen molar-refractivity contribution in [3.63, 3.8) is 0 Å². The maximum Gasteiger partial charge on any atom is 0.326 e. The highest BCUT2D eigenvalue weighted by atomic mass is 16.4. The van der Waals surface area contributed by atoms with Crippen molar-refractivity contribution in [3.05, 3.63) is 54.5 Å². The number of likely N-dealkylation sites (tertiary alicyclic amines) is 1. The zero-order valence-electron chi connectivity index (χ0n) is 19.0. The Kier molecular flexibility index (Phi) is 8.34. The van der Waals surface area contributed by atoms with E-state index in [1.165, 1.54) is 17.3 Å². The number of aromatic nitrogens is 2. The molecule has 2 unspecified atom stereocenters. The number of carboxylic acids is 1. The maximum atomic E-state index is 13.4. The molecule has 2 aromatic rings. The molecule has 176 valence electrons. The molecule has 3 atom stereocenters. The fourth-order valence-electron chi connectivity index (χ4n) is 4.06.